The van der Waals surface area contributed by atoms with E-state index >= 15 is 0 Å². The minimum absolute atomic E-state index is 0.0157. The summed E-state index contributed by atoms with van der Waals surface area (Å²) in [6, 6.07) is 9.56. The van der Waals surface area contributed by atoms with Crippen LogP contribution in [0.2, 0.25) is 0 Å². The summed E-state index contributed by atoms with van der Waals surface area (Å²) in [5.74, 6) is -1.17. The Kier molecular flexibility index (Phi) is 3.86. The summed E-state index contributed by atoms with van der Waals surface area (Å²) in [4.78, 5) is 11.0. The first-order valence-electron chi connectivity index (χ1n) is 5.96. The Morgan fingerprint density at radius 2 is 1.71 bits per heavy atom. The zero-order chi connectivity index (χ0) is 15.6. The van der Waals surface area contributed by atoms with Crippen LogP contribution in [0, 0.1) is 6.92 Å². The van der Waals surface area contributed by atoms with Gasteiger partial charge in [-0.05, 0) is 48.9 Å². The predicted octanol–water partition coefficient (Wildman–Crippen LogP) is 2.20. The van der Waals surface area contributed by atoms with E-state index in [2.05, 4.69) is 4.72 Å². The van der Waals surface area contributed by atoms with Gasteiger partial charge in [-0.1, -0.05) is 6.07 Å². The number of carbonyl (C=O) groups is 1. The monoisotopic (exact) mass is 307 g/mol. The maximum Gasteiger partial charge on any atom is 0.335 e. The van der Waals surface area contributed by atoms with Crippen molar-refractivity contribution in [3.8, 4) is 5.75 Å². The molecule has 0 aliphatic heterocycles. The first-order valence-corrected chi connectivity index (χ1v) is 7.44. The van der Waals surface area contributed by atoms with Gasteiger partial charge in [0.1, 0.15) is 5.75 Å². The molecule has 0 aromatic heterocycles. The Morgan fingerprint density at radius 1 is 1.10 bits per heavy atom. The smallest absolute Gasteiger partial charge is 0.335 e. The van der Waals surface area contributed by atoms with E-state index in [1.165, 1.54) is 49.4 Å². The molecule has 0 atom stereocenters. The summed E-state index contributed by atoms with van der Waals surface area (Å²) in [5, 5.41) is 18.2. The van der Waals surface area contributed by atoms with E-state index in [1.807, 2.05) is 0 Å². The number of carboxylic acids is 1. The number of carboxylic acid groups (broad SMARTS) is 1. The van der Waals surface area contributed by atoms with Gasteiger partial charge in [0.05, 0.1) is 10.5 Å². The van der Waals surface area contributed by atoms with Crippen molar-refractivity contribution >= 4 is 21.7 Å². The largest absolute Gasteiger partial charge is 0.508 e. The van der Waals surface area contributed by atoms with Gasteiger partial charge >= 0.3 is 5.97 Å². The molecule has 0 radical (unpaired) electrons. The average molecular weight is 307 g/mol. The predicted molar refractivity (Wildman–Crippen MR) is 77.1 cm³/mol. The Hall–Kier alpha value is -2.54. The van der Waals surface area contributed by atoms with Crippen molar-refractivity contribution in [3.63, 3.8) is 0 Å². The van der Waals surface area contributed by atoms with E-state index in [0.29, 0.717) is 0 Å². The molecule has 0 saturated carbocycles. The van der Waals surface area contributed by atoms with E-state index in [9.17, 15) is 18.3 Å². The molecular weight excluding hydrogens is 294 g/mol. The number of benzene rings is 2. The van der Waals surface area contributed by atoms with Gasteiger partial charge in [0.2, 0.25) is 0 Å². The normalized spacial score (nSPS) is 11.1. The lowest BCUT2D eigenvalue weighted by molar-refractivity contribution is 0.0696. The molecule has 6 nitrogen and oxygen atoms in total. The third kappa shape index (κ3) is 3.14. The lowest BCUT2D eigenvalue weighted by Gasteiger charge is -2.11. The number of hydrogen-bond acceptors (Lipinski definition) is 4. The molecule has 0 saturated heterocycles. The number of nitrogens with one attached hydrogen (secondary N) is 1. The van der Waals surface area contributed by atoms with E-state index in [1.54, 1.807) is 0 Å². The fourth-order valence-electron chi connectivity index (χ4n) is 1.88. The Balaban J connectivity index is 2.42. The second-order valence-corrected chi connectivity index (χ2v) is 6.04. The fourth-order valence-corrected chi connectivity index (χ4v) is 3.20. The third-order valence-corrected chi connectivity index (χ3v) is 4.45. The number of phenolic OH excluding ortho intramolecular Hbond substituents is 1. The number of aromatic hydroxyl groups is 1. The summed E-state index contributed by atoms with van der Waals surface area (Å²) in [6.07, 6.45) is 0. The van der Waals surface area contributed by atoms with Crippen molar-refractivity contribution in [2.24, 2.45) is 0 Å². The molecule has 21 heavy (non-hydrogen) atoms. The highest BCUT2D eigenvalue weighted by molar-refractivity contribution is 7.92. The maximum atomic E-state index is 12.3. The number of aromatic carboxylic acids is 1. The first-order chi connectivity index (χ1) is 9.81. The summed E-state index contributed by atoms with van der Waals surface area (Å²) >= 11 is 0. The van der Waals surface area contributed by atoms with Gasteiger partial charge in [0.25, 0.3) is 10.0 Å². The summed E-state index contributed by atoms with van der Waals surface area (Å²) < 4.78 is 27.0. The van der Waals surface area contributed by atoms with E-state index in [-0.39, 0.29) is 27.5 Å². The molecule has 2 aromatic carbocycles. The van der Waals surface area contributed by atoms with Crippen LogP contribution in [0.4, 0.5) is 5.69 Å². The van der Waals surface area contributed by atoms with Crippen molar-refractivity contribution in [2.45, 2.75) is 11.8 Å². The SMILES string of the molecule is Cc1c(C(=O)O)cccc1S(=O)(=O)Nc1ccc(O)cc1. The van der Waals surface area contributed by atoms with Crippen LogP contribution in [0.1, 0.15) is 15.9 Å². The molecule has 0 bridgehead atoms. The number of phenols is 1. The second kappa shape index (κ2) is 5.45. The van der Waals surface area contributed by atoms with Crippen molar-refractivity contribution in [1.29, 1.82) is 0 Å². The highest BCUT2D eigenvalue weighted by Crippen LogP contribution is 2.23. The Labute approximate surface area is 121 Å². The van der Waals surface area contributed by atoms with Crippen LogP contribution in [0.3, 0.4) is 0 Å². The van der Waals surface area contributed by atoms with E-state index < -0.39 is 16.0 Å². The Morgan fingerprint density at radius 3 is 2.29 bits per heavy atom. The lowest BCUT2D eigenvalue weighted by Crippen LogP contribution is -2.15. The number of rotatable bonds is 4. The molecule has 7 heteroatoms. The average Bonchev–Trinajstić information content (AvgIpc) is 2.41. The van der Waals surface area contributed by atoms with Crippen LogP contribution in [0.5, 0.6) is 5.75 Å². The zero-order valence-electron chi connectivity index (χ0n) is 11.1. The van der Waals surface area contributed by atoms with Crippen LogP contribution in [0.15, 0.2) is 47.4 Å². The van der Waals surface area contributed by atoms with E-state index in [4.69, 9.17) is 5.11 Å². The van der Waals surface area contributed by atoms with Crippen molar-refractivity contribution in [3.05, 3.63) is 53.6 Å². The van der Waals surface area contributed by atoms with Crippen LogP contribution >= 0.6 is 0 Å². The van der Waals surface area contributed by atoms with Crippen molar-refractivity contribution < 1.29 is 23.4 Å². The van der Waals surface area contributed by atoms with Gasteiger partial charge in [-0.3, -0.25) is 4.72 Å². The standard InChI is InChI=1S/C14H13NO5S/c1-9-12(14(17)18)3-2-4-13(9)21(19,20)15-10-5-7-11(16)8-6-10/h2-8,15-16H,1H3,(H,17,18). The molecule has 0 amide bonds. The van der Waals surface area contributed by atoms with Gasteiger partial charge in [-0.15, -0.1) is 0 Å². The molecule has 0 aliphatic carbocycles. The molecule has 0 unspecified atom stereocenters. The second-order valence-electron chi connectivity index (χ2n) is 4.39. The number of sulfonamides is 1. The summed E-state index contributed by atoms with van der Waals surface area (Å²) in [7, 11) is -3.91. The van der Waals surface area contributed by atoms with Crippen LogP contribution < -0.4 is 4.72 Å². The van der Waals surface area contributed by atoms with Crippen LogP contribution in [-0.2, 0) is 10.0 Å². The minimum Gasteiger partial charge on any atom is -0.508 e. The van der Waals surface area contributed by atoms with Crippen LogP contribution in [-0.4, -0.2) is 24.6 Å². The Bertz CT molecular complexity index is 782. The van der Waals surface area contributed by atoms with E-state index in [0.717, 1.165) is 0 Å². The molecule has 2 rings (SSSR count). The van der Waals surface area contributed by atoms with Gasteiger partial charge in [0.15, 0.2) is 0 Å². The maximum absolute atomic E-state index is 12.3. The number of anilines is 1. The van der Waals surface area contributed by atoms with Gasteiger partial charge in [-0.25, -0.2) is 13.2 Å². The molecule has 0 fully saturated rings. The molecule has 2 aromatic rings. The molecular formula is C14H13NO5S. The van der Waals surface area contributed by atoms with Crippen LogP contribution in [0.25, 0.3) is 0 Å². The third-order valence-electron chi connectivity index (χ3n) is 2.92. The zero-order valence-corrected chi connectivity index (χ0v) is 11.9. The summed E-state index contributed by atoms with van der Waals surface area (Å²) in [5.41, 5.74) is 0.368. The fraction of sp³-hybridized carbons (Fsp3) is 0.0714. The summed E-state index contributed by atoms with van der Waals surface area (Å²) in [6.45, 7) is 1.44. The molecule has 0 aliphatic rings. The lowest BCUT2D eigenvalue weighted by atomic mass is 10.1. The van der Waals surface area contributed by atoms with Gasteiger partial charge < -0.3 is 10.2 Å². The van der Waals surface area contributed by atoms with Gasteiger partial charge in [-0.2, -0.15) is 0 Å². The molecule has 0 spiro atoms. The van der Waals surface area contributed by atoms with Crippen molar-refractivity contribution in [2.75, 3.05) is 4.72 Å². The molecule has 110 valence electrons. The van der Waals surface area contributed by atoms with Gasteiger partial charge in [0, 0.05) is 5.69 Å². The quantitative estimate of drug-likeness (QED) is 0.751. The first kappa shape index (κ1) is 14.9. The molecule has 0 heterocycles. The van der Waals surface area contributed by atoms with Crippen molar-refractivity contribution in [1.82, 2.24) is 0 Å². The number of hydrogen-bond donors (Lipinski definition) is 3. The topological polar surface area (TPSA) is 104 Å². The highest BCUT2D eigenvalue weighted by Gasteiger charge is 2.20. The highest BCUT2D eigenvalue weighted by atomic mass is 32.2. The minimum atomic E-state index is -3.91. The molecule has 3 N–H and O–H groups in total.